The van der Waals surface area contributed by atoms with E-state index in [1.54, 1.807) is 13.2 Å². The van der Waals surface area contributed by atoms with E-state index < -0.39 is 5.41 Å². The van der Waals surface area contributed by atoms with Gasteiger partial charge >= 0.3 is 0 Å². The van der Waals surface area contributed by atoms with Gasteiger partial charge in [0.15, 0.2) is 0 Å². The van der Waals surface area contributed by atoms with Crippen molar-refractivity contribution in [1.82, 2.24) is 5.32 Å². The van der Waals surface area contributed by atoms with Crippen molar-refractivity contribution in [2.24, 2.45) is 5.41 Å². The predicted molar refractivity (Wildman–Crippen MR) is 108 cm³/mol. The number of halogens is 1. The lowest BCUT2D eigenvalue weighted by molar-refractivity contribution is -0.136. The van der Waals surface area contributed by atoms with Gasteiger partial charge in [0.25, 0.3) is 0 Å². The Morgan fingerprint density at radius 2 is 1.89 bits per heavy atom. The number of ether oxygens (including phenoxy) is 2. The van der Waals surface area contributed by atoms with Gasteiger partial charge in [0.2, 0.25) is 5.91 Å². The molecule has 1 aliphatic rings. The summed E-state index contributed by atoms with van der Waals surface area (Å²) >= 11 is 0. The third-order valence-corrected chi connectivity index (χ3v) is 5.44. The summed E-state index contributed by atoms with van der Waals surface area (Å²) in [5.74, 6) is 0.455. The van der Waals surface area contributed by atoms with E-state index in [2.05, 4.69) is 12.2 Å². The van der Waals surface area contributed by atoms with E-state index in [0.717, 1.165) is 36.0 Å². The maximum absolute atomic E-state index is 13.7. The van der Waals surface area contributed by atoms with Crippen LogP contribution in [0.2, 0.25) is 0 Å². The normalized spacial score (nSPS) is 15.8. The number of amides is 1. The minimum absolute atomic E-state index is 0.119. The summed E-state index contributed by atoms with van der Waals surface area (Å²) < 4.78 is 24.5. The van der Waals surface area contributed by atoms with Crippen LogP contribution in [0.15, 0.2) is 42.5 Å². The maximum Gasteiger partial charge on any atom is 0.226 e. The molecule has 2 aromatic rings. The highest BCUT2D eigenvalue weighted by Gasteiger charge is 2.39. The largest absolute Gasteiger partial charge is 0.496 e. The average Bonchev–Trinajstić information content (AvgIpc) is 2.73. The average molecular weight is 385 g/mol. The highest BCUT2D eigenvalue weighted by molar-refractivity contribution is 5.83. The molecular weight excluding hydrogens is 357 g/mol. The third kappa shape index (κ3) is 4.53. The Morgan fingerprint density at radius 3 is 2.54 bits per heavy atom. The van der Waals surface area contributed by atoms with Gasteiger partial charge in [-0.1, -0.05) is 31.2 Å². The molecule has 0 spiro atoms. The molecule has 0 bridgehead atoms. The number of carbonyl (C=O) groups is 1. The summed E-state index contributed by atoms with van der Waals surface area (Å²) in [5, 5.41) is 3.07. The van der Waals surface area contributed by atoms with E-state index in [9.17, 15) is 9.18 Å². The standard InChI is InChI=1S/C23H28FNO3/c1-3-12-25-22(26)23(10-13-28-14-11-23)16-17-4-6-18(7-5-17)20-15-19(24)8-9-21(20)27-2/h4-9,15H,3,10-14,16H2,1-2H3,(H,25,26). The van der Waals surface area contributed by atoms with Gasteiger partial charge < -0.3 is 14.8 Å². The summed E-state index contributed by atoms with van der Waals surface area (Å²) in [6, 6.07) is 12.5. The molecule has 4 nitrogen and oxygen atoms in total. The predicted octanol–water partition coefficient (Wildman–Crippen LogP) is 4.37. The number of carbonyl (C=O) groups excluding carboxylic acids is 1. The molecule has 0 saturated carbocycles. The minimum atomic E-state index is -0.425. The number of hydrogen-bond acceptors (Lipinski definition) is 3. The van der Waals surface area contributed by atoms with Gasteiger partial charge in [0.1, 0.15) is 11.6 Å². The first kappa shape index (κ1) is 20.3. The van der Waals surface area contributed by atoms with Crippen LogP contribution in [0.25, 0.3) is 11.1 Å². The first-order valence-electron chi connectivity index (χ1n) is 9.87. The van der Waals surface area contributed by atoms with E-state index in [4.69, 9.17) is 9.47 Å². The summed E-state index contributed by atoms with van der Waals surface area (Å²) in [5.41, 5.74) is 2.27. The van der Waals surface area contributed by atoms with Crippen molar-refractivity contribution in [2.45, 2.75) is 32.6 Å². The second kappa shape index (κ2) is 9.20. The molecule has 0 aliphatic carbocycles. The molecule has 0 unspecified atom stereocenters. The van der Waals surface area contributed by atoms with Crippen molar-refractivity contribution in [2.75, 3.05) is 26.9 Å². The summed E-state index contributed by atoms with van der Waals surface area (Å²) in [6.07, 6.45) is 3.04. The molecule has 150 valence electrons. The Bertz CT molecular complexity index is 798. The van der Waals surface area contributed by atoms with Crippen LogP contribution in [-0.2, 0) is 16.0 Å². The van der Waals surface area contributed by atoms with Crippen molar-refractivity contribution >= 4 is 5.91 Å². The van der Waals surface area contributed by atoms with Gasteiger partial charge in [0, 0.05) is 25.3 Å². The molecule has 0 atom stereocenters. The Morgan fingerprint density at radius 1 is 1.18 bits per heavy atom. The van der Waals surface area contributed by atoms with Gasteiger partial charge in [-0.3, -0.25) is 4.79 Å². The zero-order chi connectivity index (χ0) is 20.0. The molecule has 0 aromatic heterocycles. The van der Waals surface area contributed by atoms with E-state index in [1.165, 1.54) is 12.1 Å². The monoisotopic (exact) mass is 385 g/mol. The number of nitrogens with one attached hydrogen (secondary N) is 1. The zero-order valence-electron chi connectivity index (χ0n) is 16.6. The first-order chi connectivity index (χ1) is 13.6. The fourth-order valence-electron chi connectivity index (χ4n) is 3.77. The molecule has 1 N–H and O–H groups in total. The van der Waals surface area contributed by atoms with Crippen molar-refractivity contribution < 1.29 is 18.7 Å². The quantitative estimate of drug-likeness (QED) is 0.770. The summed E-state index contributed by atoms with van der Waals surface area (Å²) in [4.78, 5) is 12.9. The van der Waals surface area contributed by atoms with E-state index in [1.807, 2.05) is 24.3 Å². The van der Waals surface area contributed by atoms with Crippen molar-refractivity contribution in [3.63, 3.8) is 0 Å². The Kier molecular flexibility index (Phi) is 6.68. The first-order valence-corrected chi connectivity index (χ1v) is 9.87. The lowest BCUT2D eigenvalue weighted by Crippen LogP contribution is -2.46. The Balaban J connectivity index is 1.82. The number of benzene rings is 2. The van der Waals surface area contributed by atoms with Gasteiger partial charge in [-0.15, -0.1) is 0 Å². The molecule has 3 rings (SSSR count). The van der Waals surface area contributed by atoms with Gasteiger partial charge in [0.05, 0.1) is 12.5 Å². The van der Waals surface area contributed by atoms with Crippen molar-refractivity contribution in [1.29, 1.82) is 0 Å². The van der Waals surface area contributed by atoms with Crippen LogP contribution in [0, 0.1) is 11.2 Å². The SMILES string of the molecule is CCCNC(=O)C1(Cc2ccc(-c3cc(F)ccc3OC)cc2)CCOCC1. The molecule has 1 heterocycles. The minimum Gasteiger partial charge on any atom is -0.496 e. The van der Waals surface area contributed by atoms with Gasteiger partial charge in [-0.25, -0.2) is 4.39 Å². The zero-order valence-corrected chi connectivity index (χ0v) is 16.6. The van der Waals surface area contributed by atoms with Gasteiger partial charge in [-0.05, 0) is 55.0 Å². The lowest BCUT2D eigenvalue weighted by Gasteiger charge is -2.36. The molecule has 1 aliphatic heterocycles. The number of hydrogen-bond donors (Lipinski definition) is 1. The lowest BCUT2D eigenvalue weighted by atomic mass is 9.74. The molecule has 1 amide bonds. The highest BCUT2D eigenvalue weighted by Crippen LogP contribution is 2.36. The third-order valence-electron chi connectivity index (χ3n) is 5.44. The van der Waals surface area contributed by atoms with Crippen LogP contribution < -0.4 is 10.1 Å². The molecule has 5 heteroatoms. The summed E-state index contributed by atoms with van der Waals surface area (Å²) in [7, 11) is 1.58. The Hall–Kier alpha value is -2.40. The van der Waals surface area contributed by atoms with E-state index in [0.29, 0.717) is 31.9 Å². The van der Waals surface area contributed by atoms with Crippen LogP contribution in [0.5, 0.6) is 5.75 Å². The maximum atomic E-state index is 13.7. The van der Waals surface area contributed by atoms with E-state index in [-0.39, 0.29) is 11.7 Å². The molecule has 1 saturated heterocycles. The fourth-order valence-corrected chi connectivity index (χ4v) is 3.77. The molecule has 2 aromatic carbocycles. The van der Waals surface area contributed by atoms with Crippen LogP contribution in [0.4, 0.5) is 4.39 Å². The molecule has 0 radical (unpaired) electrons. The van der Waals surface area contributed by atoms with E-state index >= 15 is 0 Å². The molecule has 28 heavy (non-hydrogen) atoms. The van der Waals surface area contributed by atoms with Crippen molar-refractivity contribution in [3.8, 4) is 16.9 Å². The number of rotatable bonds is 7. The van der Waals surface area contributed by atoms with Gasteiger partial charge in [-0.2, -0.15) is 0 Å². The smallest absolute Gasteiger partial charge is 0.226 e. The highest BCUT2D eigenvalue weighted by atomic mass is 19.1. The fraction of sp³-hybridized carbons (Fsp3) is 0.435. The Labute approximate surface area is 166 Å². The van der Waals surface area contributed by atoms with Crippen LogP contribution >= 0.6 is 0 Å². The molecule has 1 fully saturated rings. The van der Waals surface area contributed by atoms with Crippen LogP contribution in [0.1, 0.15) is 31.7 Å². The second-order valence-electron chi connectivity index (χ2n) is 7.37. The molecular formula is C23H28FNO3. The number of methoxy groups -OCH3 is 1. The second-order valence-corrected chi connectivity index (χ2v) is 7.37. The van der Waals surface area contributed by atoms with Crippen molar-refractivity contribution in [3.05, 3.63) is 53.8 Å². The summed E-state index contributed by atoms with van der Waals surface area (Å²) in [6.45, 7) is 3.96. The van der Waals surface area contributed by atoms with Crippen LogP contribution in [-0.4, -0.2) is 32.8 Å². The topological polar surface area (TPSA) is 47.6 Å². The van der Waals surface area contributed by atoms with Crippen LogP contribution in [0.3, 0.4) is 0 Å².